The van der Waals surface area contributed by atoms with Crippen molar-refractivity contribution >= 4 is 17.5 Å². The highest BCUT2D eigenvalue weighted by Crippen LogP contribution is 2.16. The third kappa shape index (κ3) is 5.77. The van der Waals surface area contributed by atoms with Crippen molar-refractivity contribution in [2.75, 3.05) is 44.6 Å². The Morgan fingerprint density at radius 1 is 1.10 bits per heavy atom. The molecule has 0 spiro atoms. The van der Waals surface area contributed by atoms with E-state index in [-0.39, 0.29) is 24.2 Å². The topological polar surface area (TPSA) is 63.1 Å². The van der Waals surface area contributed by atoms with Gasteiger partial charge in [0.15, 0.2) is 24.7 Å². The first kappa shape index (κ1) is 20.8. The molecule has 0 radical (unpaired) electrons. The number of nitrogens with one attached hydrogen (secondary N) is 2. The van der Waals surface area contributed by atoms with Crippen LogP contribution in [0.4, 0.5) is 10.1 Å². The van der Waals surface area contributed by atoms with E-state index < -0.39 is 5.82 Å². The van der Waals surface area contributed by atoms with Crippen LogP contribution in [0.2, 0.25) is 0 Å². The van der Waals surface area contributed by atoms with Gasteiger partial charge < -0.3 is 19.9 Å². The standard InChI is InChI=1S/C22H26FN3O3/c1-2-17-7-3-5-9-19(17)24-21(27)15-25-11-13-26(14-12-25)22(28)16-29-20-10-6-4-8-18(20)23/h3-10H,2,11-16H2,1H3,(H,24,27)/p+1. The predicted molar refractivity (Wildman–Crippen MR) is 108 cm³/mol. The second-order valence-corrected chi connectivity index (χ2v) is 7.09. The molecule has 0 unspecified atom stereocenters. The molecule has 2 N–H and O–H groups in total. The number of hydrogen-bond acceptors (Lipinski definition) is 3. The lowest BCUT2D eigenvalue weighted by Gasteiger charge is -2.31. The van der Waals surface area contributed by atoms with Gasteiger partial charge in [-0.15, -0.1) is 0 Å². The van der Waals surface area contributed by atoms with Gasteiger partial charge in [0.2, 0.25) is 0 Å². The number of aryl methyl sites for hydroxylation is 1. The number of piperazine rings is 1. The zero-order valence-electron chi connectivity index (χ0n) is 16.6. The summed E-state index contributed by atoms with van der Waals surface area (Å²) in [6.07, 6.45) is 0.860. The smallest absolute Gasteiger partial charge is 0.279 e. The average Bonchev–Trinajstić information content (AvgIpc) is 2.74. The molecule has 2 aromatic carbocycles. The average molecular weight is 400 g/mol. The Morgan fingerprint density at radius 3 is 2.52 bits per heavy atom. The molecule has 0 atom stereocenters. The summed E-state index contributed by atoms with van der Waals surface area (Å²) in [5, 5.41) is 2.99. The maximum absolute atomic E-state index is 13.6. The Morgan fingerprint density at radius 2 is 1.79 bits per heavy atom. The summed E-state index contributed by atoms with van der Waals surface area (Å²) in [6, 6.07) is 13.8. The molecule has 0 saturated carbocycles. The van der Waals surface area contributed by atoms with Gasteiger partial charge in [-0.25, -0.2) is 4.39 Å². The molecular weight excluding hydrogens is 373 g/mol. The highest BCUT2D eigenvalue weighted by molar-refractivity contribution is 5.92. The van der Waals surface area contributed by atoms with E-state index in [0.29, 0.717) is 32.7 Å². The van der Waals surface area contributed by atoms with E-state index in [4.69, 9.17) is 4.74 Å². The van der Waals surface area contributed by atoms with Gasteiger partial charge >= 0.3 is 0 Å². The summed E-state index contributed by atoms with van der Waals surface area (Å²) in [5.74, 6) is -0.600. The monoisotopic (exact) mass is 400 g/mol. The number of para-hydroxylation sites is 2. The number of ether oxygens (including phenoxy) is 1. The Bertz CT molecular complexity index is 851. The van der Waals surface area contributed by atoms with Crippen molar-refractivity contribution in [3.63, 3.8) is 0 Å². The van der Waals surface area contributed by atoms with E-state index in [0.717, 1.165) is 22.6 Å². The number of halogens is 1. The van der Waals surface area contributed by atoms with E-state index in [1.165, 1.54) is 12.1 Å². The molecule has 3 rings (SSSR count). The van der Waals surface area contributed by atoms with Crippen LogP contribution < -0.4 is 15.0 Å². The van der Waals surface area contributed by atoms with Crippen molar-refractivity contribution in [3.05, 3.63) is 59.9 Å². The van der Waals surface area contributed by atoms with Gasteiger partial charge in [0.05, 0.1) is 26.2 Å². The SMILES string of the molecule is CCc1ccccc1NC(=O)C[NH+]1CCN(C(=O)COc2ccccc2F)CC1. The van der Waals surface area contributed by atoms with Crippen LogP contribution >= 0.6 is 0 Å². The zero-order chi connectivity index (χ0) is 20.6. The van der Waals surface area contributed by atoms with Crippen molar-refractivity contribution in [2.45, 2.75) is 13.3 Å². The maximum Gasteiger partial charge on any atom is 0.279 e. The first-order valence-corrected chi connectivity index (χ1v) is 9.93. The summed E-state index contributed by atoms with van der Waals surface area (Å²) in [6.45, 7) is 4.71. The number of carbonyl (C=O) groups is 2. The normalized spacial score (nSPS) is 14.5. The van der Waals surface area contributed by atoms with E-state index in [1.807, 2.05) is 24.3 Å². The Kier molecular flexibility index (Phi) is 7.19. The van der Waals surface area contributed by atoms with Crippen LogP contribution in [0.25, 0.3) is 0 Å². The fraction of sp³-hybridized carbons (Fsp3) is 0.364. The van der Waals surface area contributed by atoms with Gasteiger partial charge in [-0.3, -0.25) is 9.59 Å². The van der Waals surface area contributed by atoms with Crippen molar-refractivity contribution in [1.29, 1.82) is 0 Å². The third-order valence-electron chi connectivity index (χ3n) is 5.09. The molecule has 2 aromatic rings. The second-order valence-electron chi connectivity index (χ2n) is 7.09. The van der Waals surface area contributed by atoms with E-state index in [9.17, 15) is 14.0 Å². The van der Waals surface area contributed by atoms with Gasteiger partial charge in [-0.1, -0.05) is 37.3 Å². The second kappa shape index (κ2) is 10.0. The van der Waals surface area contributed by atoms with Gasteiger partial charge in [-0.2, -0.15) is 0 Å². The van der Waals surface area contributed by atoms with Crippen molar-refractivity contribution in [2.24, 2.45) is 0 Å². The van der Waals surface area contributed by atoms with Crippen LogP contribution in [-0.2, 0) is 16.0 Å². The number of amides is 2. The number of anilines is 1. The van der Waals surface area contributed by atoms with Crippen molar-refractivity contribution < 1.29 is 23.6 Å². The Hall–Kier alpha value is -2.93. The minimum Gasteiger partial charge on any atom is -0.481 e. The van der Waals surface area contributed by atoms with Gasteiger partial charge in [-0.05, 0) is 30.2 Å². The molecular formula is C22H27FN3O3+. The molecule has 6 nitrogen and oxygen atoms in total. The summed E-state index contributed by atoms with van der Waals surface area (Å²) >= 11 is 0. The highest BCUT2D eigenvalue weighted by atomic mass is 19.1. The lowest BCUT2D eigenvalue weighted by Crippen LogP contribution is -3.15. The van der Waals surface area contributed by atoms with Gasteiger partial charge in [0, 0.05) is 5.69 Å². The number of rotatable bonds is 7. The quantitative estimate of drug-likeness (QED) is 0.733. The molecule has 29 heavy (non-hydrogen) atoms. The third-order valence-corrected chi connectivity index (χ3v) is 5.09. The van der Waals surface area contributed by atoms with E-state index in [1.54, 1.807) is 17.0 Å². The number of benzene rings is 2. The molecule has 0 aromatic heterocycles. The lowest BCUT2D eigenvalue weighted by molar-refractivity contribution is -0.895. The molecule has 1 heterocycles. The molecule has 154 valence electrons. The van der Waals surface area contributed by atoms with E-state index in [2.05, 4.69) is 12.2 Å². The first-order valence-electron chi connectivity index (χ1n) is 9.93. The van der Waals surface area contributed by atoms with Crippen LogP contribution in [-0.4, -0.2) is 56.0 Å². The minimum atomic E-state index is -0.481. The molecule has 1 aliphatic rings. The van der Waals surface area contributed by atoms with Crippen molar-refractivity contribution in [3.8, 4) is 5.75 Å². The van der Waals surface area contributed by atoms with Crippen LogP contribution in [0.5, 0.6) is 5.75 Å². The van der Waals surface area contributed by atoms with Crippen LogP contribution in [0.1, 0.15) is 12.5 Å². The Labute approximate surface area is 170 Å². The largest absolute Gasteiger partial charge is 0.481 e. The van der Waals surface area contributed by atoms with E-state index >= 15 is 0 Å². The molecule has 1 fully saturated rings. The number of nitrogens with zero attached hydrogens (tertiary/aromatic N) is 1. The molecule has 1 aliphatic heterocycles. The molecule has 1 saturated heterocycles. The fourth-order valence-electron chi connectivity index (χ4n) is 3.41. The summed E-state index contributed by atoms with van der Waals surface area (Å²) < 4.78 is 18.9. The van der Waals surface area contributed by atoms with Crippen LogP contribution in [0, 0.1) is 5.82 Å². The highest BCUT2D eigenvalue weighted by Gasteiger charge is 2.25. The molecule has 2 amide bonds. The van der Waals surface area contributed by atoms with Gasteiger partial charge in [0.25, 0.3) is 11.8 Å². The van der Waals surface area contributed by atoms with Crippen LogP contribution in [0.3, 0.4) is 0 Å². The lowest BCUT2D eigenvalue weighted by atomic mass is 10.1. The predicted octanol–water partition coefficient (Wildman–Crippen LogP) is 1.13. The maximum atomic E-state index is 13.6. The molecule has 7 heteroatoms. The molecule has 0 bridgehead atoms. The number of hydrogen-bond donors (Lipinski definition) is 2. The summed E-state index contributed by atoms with van der Waals surface area (Å²) in [4.78, 5) is 27.5. The number of carbonyl (C=O) groups excluding carboxylic acids is 2. The van der Waals surface area contributed by atoms with Gasteiger partial charge in [0.1, 0.15) is 0 Å². The minimum absolute atomic E-state index is 0.0245. The van der Waals surface area contributed by atoms with Crippen molar-refractivity contribution in [1.82, 2.24) is 4.90 Å². The molecule has 0 aliphatic carbocycles. The summed E-state index contributed by atoms with van der Waals surface area (Å²) in [7, 11) is 0. The fourth-order valence-corrected chi connectivity index (χ4v) is 3.41. The van der Waals surface area contributed by atoms with Crippen LogP contribution in [0.15, 0.2) is 48.5 Å². The summed E-state index contributed by atoms with van der Waals surface area (Å²) in [5.41, 5.74) is 1.97. The Balaban J connectivity index is 1.42. The zero-order valence-corrected chi connectivity index (χ0v) is 16.6. The first-order chi connectivity index (χ1) is 14.1. The number of quaternary nitrogens is 1.